The molecule has 0 aromatic heterocycles. The van der Waals surface area contributed by atoms with E-state index in [9.17, 15) is 19.5 Å². The molecule has 2 fully saturated rings. The summed E-state index contributed by atoms with van der Waals surface area (Å²) >= 11 is 0. The summed E-state index contributed by atoms with van der Waals surface area (Å²) in [5, 5.41) is 12.2. The number of amides is 3. The van der Waals surface area contributed by atoms with Crippen LogP contribution in [0, 0.1) is 23.7 Å². The Hall–Kier alpha value is -3.25. The molecule has 2 N–H and O–H groups in total. The van der Waals surface area contributed by atoms with Crippen molar-refractivity contribution in [2.45, 2.75) is 13.0 Å². The lowest BCUT2D eigenvalue weighted by molar-refractivity contribution is -0.123. The first-order valence-electron chi connectivity index (χ1n) is 9.75. The molecule has 1 saturated heterocycles. The summed E-state index contributed by atoms with van der Waals surface area (Å²) in [6.45, 7) is -0.173. The van der Waals surface area contributed by atoms with Crippen molar-refractivity contribution >= 4 is 29.1 Å². The molecule has 2 aromatic rings. The molecular formula is C23H20N2O4. The van der Waals surface area contributed by atoms with E-state index in [0.29, 0.717) is 22.5 Å². The first-order valence-corrected chi connectivity index (χ1v) is 9.75. The Morgan fingerprint density at radius 1 is 0.966 bits per heavy atom. The fourth-order valence-electron chi connectivity index (χ4n) is 4.89. The van der Waals surface area contributed by atoms with Crippen molar-refractivity contribution in [2.24, 2.45) is 23.7 Å². The minimum Gasteiger partial charge on any atom is -0.392 e. The van der Waals surface area contributed by atoms with E-state index in [1.54, 1.807) is 48.5 Å². The first kappa shape index (κ1) is 17.8. The third-order valence-corrected chi connectivity index (χ3v) is 6.29. The van der Waals surface area contributed by atoms with Crippen LogP contribution in [0.25, 0.3) is 0 Å². The van der Waals surface area contributed by atoms with Gasteiger partial charge in [0.2, 0.25) is 11.8 Å². The van der Waals surface area contributed by atoms with Gasteiger partial charge in [0, 0.05) is 16.8 Å². The first-order chi connectivity index (χ1) is 14.1. The predicted octanol–water partition coefficient (Wildman–Crippen LogP) is 2.74. The van der Waals surface area contributed by atoms with Crippen molar-refractivity contribution in [1.82, 2.24) is 0 Å². The number of nitrogens with one attached hydrogen (secondary N) is 1. The van der Waals surface area contributed by atoms with Crippen LogP contribution in [0.1, 0.15) is 22.3 Å². The fourth-order valence-corrected chi connectivity index (χ4v) is 4.89. The normalized spacial score (nSPS) is 26.9. The maximum Gasteiger partial charge on any atom is 0.255 e. The number of anilines is 2. The molecule has 3 aliphatic rings. The van der Waals surface area contributed by atoms with Gasteiger partial charge in [0.25, 0.3) is 5.91 Å². The van der Waals surface area contributed by atoms with Gasteiger partial charge in [-0.1, -0.05) is 30.4 Å². The molecule has 146 valence electrons. The maximum absolute atomic E-state index is 12.9. The molecule has 5 rings (SSSR count). The second-order valence-electron chi connectivity index (χ2n) is 7.83. The van der Waals surface area contributed by atoms with Crippen molar-refractivity contribution in [2.75, 3.05) is 10.2 Å². The molecule has 0 unspecified atom stereocenters. The van der Waals surface area contributed by atoms with E-state index in [1.807, 2.05) is 0 Å². The van der Waals surface area contributed by atoms with Gasteiger partial charge in [-0.3, -0.25) is 19.3 Å². The highest BCUT2D eigenvalue weighted by Gasteiger charge is 2.59. The molecule has 4 atom stereocenters. The highest BCUT2D eigenvalue weighted by Crippen LogP contribution is 2.53. The van der Waals surface area contributed by atoms with E-state index >= 15 is 0 Å². The predicted molar refractivity (Wildman–Crippen MR) is 107 cm³/mol. The van der Waals surface area contributed by atoms with Gasteiger partial charge < -0.3 is 10.4 Å². The van der Waals surface area contributed by atoms with Crippen LogP contribution in [0.15, 0.2) is 60.7 Å². The lowest BCUT2D eigenvalue weighted by Gasteiger charge is -2.17. The fraction of sp³-hybridized carbons (Fsp3) is 0.261. The van der Waals surface area contributed by atoms with E-state index in [2.05, 4.69) is 17.5 Å². The van der Waals surface area contributed by atoms with Gasteiger partial charge in [-0.15, -0.1) is 0 Å². The Morgan fingerprint density at radius 3 is 2.21 bits per heavy atom. The van der Waals surface area contributed by atoms with Gasteiger partial charge in [0.15, 0.2) is 0 Å². The molecule has 2 aromatic carbocycles. The van der Waals surface area contributed by atoms with Crippen LogP contribution >= 0.6 is 0 Å². The van der Waals surface area contributed by atoms with Gasteiger partial charge in [0.05, 0.1) is 24.1 Å². The highest BCUT2D eigenvalue weighted by molar-refractivity contribution is 6.23. The van der Waals surface area contributed by atoms with Crippen LogP contribution in [-0.4, -0.2) is 22.8 Å². The average Bonchev–Trinajstić information content (AvgIpc) is 3.42. The van der Waals surface area contributed by atoms with Crippen molar-refractivity contribution in [3.63, 3.8) is 0 Å². The average molecular weight is 388 g/mol. The lowest BCUT2D eigenvalue weighted by atomic mass is 9.85. The third-order valence-electron chi connectivity index (χ3n) is 6.29. The lowest BCUT2D eigenvalue weighted by Crippen LogP contribution is -2.32. The van der Waals surface area contributed by atoms with Crippen LogP contribution in [-0.2, 0) is 16.2 Å². The molecule has 1 heterocycles. The Kier molecular flexibility index (Phi) is 4.10. The monoisotopic (exact) mass is 388 g/mol. The molecular weight excluding hydrogens is 368 g/mol. The van der Waals surface area contributed by atoms with E-state index in [-0.39, 0.29) is 48.0 Å². The van der Waals surface area contributed by atoms with Gasteiger partial charge in [-0.25, -0.2) is 0 Å². The smallest absolute Gasteiger partial charge is 0.255 e. The number of allylic oxidation sites excluding steroid dienone is 2. The van der Waals surface area contributed by atoms with Crippen molar-refractivity contribution < 1.29 is 19.5 Å². The number of para-hydroxylation sites is 1. The Labute approximate surface area is 167 Å². The molecule has 2 aliphatic carbocycles. The summed E-state index contributed by atoms with van der Waals surface area (Å²) in [5.74, 6) is -0.732. The number of fused-ring (bicyclic) bond motifs is 5. The summed E-state index contributed by atoms with van der Waals surface area (Å²) in [6, 6.07) is 13.5. The van der Waals surface area contributed by atoms with Crippen molar-refractivity contribution in [1.29, 1.82) is 0 Å². The van der Waals surface area contributed by atoms with E-state index in [1.165, 1.54) is 4.90 Å². The van der Waals surface area contributed by atoms with Crippen LogP contribution in [0.5, 0.6) is 0 Å². The topological polar surface area (TPSA) is 86.7 Å². The number of aliphatic hydroxyl groups is 1. The summed E-state index contributed by atoms with van der Waals surface area (Å²) in [6.07, 6.45) is 5.03. The summed E-state index contributed by atoms with van der Waals surface area (Å²) < 4.78 is 0. The quantitative estimate of drug-likeness (QED) is 0.623. The maximum atomic E-state index is 12.9. The zero-order chi connectivity index (χ0) is 20.1. The van der Waals surface area contributed by atoms with Crippen LogP contribution in [0.4, 0.5) is 11.4 Å². The number of hydrogen-bond acceptors (Lipinski definition) is 4. The molecule has 0 radical (unpaired) electrons. The number of carbonyl (C=O) groups is 3. The number of hydrogen-bond donors (Lipinski definition) is 2. The van der Waals surface area contributed by atoms with Gasteiger partial charge in [-0.2, -0.15) is 0 Å². The zero-order valence-corrected chi connectivity index (χ0v) is 15.6. The third kappa shape index (κ3) is 2.71. The molecule has 6 heteroatoms. The minimum absolute atomic E-state index is 0.133. The Bertz CT molecular complexity index is 1010. The van der Waals surface area contributed by atoms with E-state index in [0.717, 1.165) is 6.42 Å². The molecule has 1 aliphatic heterocycles. The molecule has 1 saturated carbocycles. The van der Waals surface area contributed by atoms with Crippen LogP contribution in [0.2, 0.25) is 0 Å². The largest absolute Gasteiger partial charge is 0.392 e. The second-order valence-corrected chi connectivity index (χ2v) is 7.83. The number of rotatable bonds is 4. The number of carbonyl (C=O) groups excluding carboxylic acids is 3. The standard InChI is InChI=1S/C23H20N2O4/c26-12-16-3-1-2-4-18(16)24-21(27)13-7-9-17(10-8-13)25-22(28)19-14-5-6-15(11-14)20(19)23(25)29/h1-10,14-15,19-20,26H,11-12H2,(H,24,27)/t14-,15-,19-,20+/m0/s1. The molecule has 3 amide bonds. The molecule has 29 heavy (non-hydrogen) atoms. The van der Waals surface area contributed by atoms with E-state index in [4.69, 9.17) is 0 Å². The van der Waals surface area contributed by atoms with Crippen LogP contribution < -0.4 is 10.2 Å². The summed E-state index contributed by atoms with van der Waals surface area (Å²) in [7, 11) is 0. The number of nitrogens with zero attached hydrogens (tertiary/aromatic N) is 1. The zero-order valence-electron chi connectivity index (χ0n) is 15.6. The van der Waals surface area contributed by atoms with Crippen LogP contribution in [0.3, 0.4) is 0 Å². The summed E-state index contributed by atoms with van der Waals surface area (Å²) in [4.78, 5) is 39.6. The Balaban J connectivity index is 1.35. The summed E-state index contributed by atoms with van der Waals surface area (Å²) in [5.41, 5.74) is 2.08. The van der Waals surface area contributed by atoms with Gasteiger partial charge in [0.1, 0.15) is 0 Å². The van der Waals surface area contributed by atoms with Crippen molar-refractivity contribution in [3.05, 3.63) is 71.8 Å². The number of aliphatic hydroxyl groups excluding tert-OH is 1. The highest BCUT2D eigenvalue weighted by atomic mass is 16.3. The van der Waals surface area contributed by atoms with Gasteiger partial charge in [-0.05, 0) is 48.6 Å². The van der Waals surface area contributed by atoms with E-state index < -0.39 is 0 Å². The number of benzene rings is 2. The molecule has 2 bridgehead atoms. The minimum atomic E-state index is -0.323. The van der Waals surface area contributed by atoms with Crippen molar-refractivity contribution in [3.8, 4) is 0 Å². The SMILES string of the molecule is O=C(Nc1ccccc1CO)c1ccc(N2C(=O)[C@@H]3[C@H](C2=O)[C@H]2C=C[C@H]3C2)cc1. The Morgan fingerprint density at radius 2 is 1.59 bits per heavy atom. The second kappa shape index (κ2) is 6.67. The van der Waals surface area contributed by atoms with Gasteiger partial charge >= 0.3 is 0 Å². The molecule has 6 nitrogen and oxygen atoms in total. The molecule has 0 spiro atoms. The number of imide groups is 1.